The molecular formula is C25H26N4O3. The number of piperidine rings is 1. The van der Waals surface area contributed by atoms with Crippen LogP contribution in [0.3, 0.4) is 0 Å². The topological polar surface area (TPSA) is 77.3 Å². The first-order valence-corrected chi connectivity index (χ1v) is 11.1. The zero-order valence-electron chi connectivity index (χ0n) is 17.9. The highest BCUT2D eigenvalue weighted by Gasteiger charge is 2.31. The quantitative estimate of drug-likeness (QED) is 0.636. The number of aromatic nitrogens is 3. The molecular weight excluding hydrogens is 404 g/mol. The first-order chi connectivity index (χ1) is 15.7. The van der Waals surface area contributed by atoms with Crippen LogP contribution in [0.4, 0.5) is 0 Å². The second kappa shape index (κ2) is 9.04. The Bertz CT molecular complexity index is 1150. The van der Waals surface area contributed by atoms with Gasteiger partial charge in [0.25, 0.3) is 11.5 Å². The highest BCUT2D eigenvalue weighted by molar-refractivity contribution is 5.81. The molecule has 1 aromatic carbocycles. The minimum absolute atomic E-state index is 0.0768. The molecule has 1 saturated heterocycles. The molecule has 4 heterocycles. The lowest BCUT2D eigenvalue weighted by atomic mass is 9.95. The molecule has 2 aliphatic rings. The van der Waals surface area contributed by atoms with Crippen LogP contribution in [0.25, 0.3) is 11.3 Å². The Balaban J connectivity index is 1.20. The summed E-state index contributed by atoms with van der Waals surface area (Å²) in [4.78, 5) is 31.3. The van der Waals surface area contributed by atoms with Crippen LogP contribution < -0.4 is 5.56 Å². The third-order valence-corrected chi connectivity index (χ3v) is 6.44. The van der Waals surface area contributed by atoms with Gasteiger partial charge in [-0.15, -0.1) is 0 Å². The van der Waals surface area contributed by atoms with Gasteiger partial charge in [-0.05, 0) is 48.1 Å². The first-order valence-electron chi connectivity index (χ1n) is 11.1. The van der Waals surface area contributed by atoms with Gasteiger partial charge in [-0.2, -0.15) is 5.10 Å². The van der Waals surface area contributed by atoms with E-state index in [4.69, 9.17) is 4.74 Å². The number of nitrogens with zero attached hydrogens (tertiary/aromatic N) is 4. The molecule has 0 N–H and O–H groups in total. The molecule has 0 spiro atoms. The van der Waals surface area contributed by atoms with Gasteiger partial charge >= 0.3 is 0 Å². The number of hydrogen-bond donors (Lipinski definition) is 0. The van der Waals surface area contributed by atoms with E-state index in [1.807, 2.05) is 29.2 Å². The van der Waals surface area contributed by atoms with Crippen molar-refractivity contribution in [3.8, 4) is 11.3 Å². The minimum atomic E-state index is -0.400. The van der Waals surface area contributed by atoms with Crippen molar-refractivity contribution in [1.29, 1.82) is 0 Å². The molecule has 7 heteroatoms. The van der Waals surface area contributed by atoms with Gasteiger partial charge in [0.05, 0.1) is 12.3 Å². The largest absolute Gasteiger partial charge is 0.363 e. The monoisotopic (exact) mass is 430 g/mol. The van der Waals surface area contributed by atoms with Crippen molar-refractivity contribution in [2.45, 2.75) is 38.5 Å². The Morgan fingerprint density at radius 1 is 1.00 bits per heavy atom. The molecule has 164 valence electrons. The Kier molecular flexibility index (Phi) is 5.81. The van der Waals surface area contributed by atoms with Gasteiger partial charge in [-0.1, -0.05) is 24.3 Å². The summed E-state index contributed by atoms with van der Waals surface area (Å²) >= 11 is 0. The molecule has 0 saturated carbocycles. The fourth-order valence-corrected chi connectivity index (χ4v) is 4.55. The SMILES string of the molecule is O=C(C1Cc2ccccc2CO1)N1CCC(Cn2nc(-c3ccncc3)ccc2=O)CC1. The van der Waals surface area contributed by atoms with Gasteiger partial charge in [0.1, 0.15) is 6.10 Å². The van der Waals surface area contributed by atoms with Gasteiger partial charge in [0, 0.05) is 50.1 Å². The number of rotatable bonds is 4. The highest BCUT2D eigenvalue weighted by atomic mass is 16.5. The molecule has 1 fully saturated rings. The maximum Gasteiger partial charge on any atom is 0.266 e. The maximum absolute atomic E-state index is 13.0. The highest BCUT2D eigenvalue weighted by Crippen LogP contribution is 2.24. The molecule has 0 aliphatic carbocycles. The molecule has 0 bridgehead atoms. The predicted molar refractivity (Wildman–Crippen MR) is 120 cm³/mol. The van der Waals surface area contributed by atoms with Crippen molar-refractivity contribution in [1.82, 2.24) is 19.7 Å². The van der Waals surface area contributed by atoms with Crippen LogP contribution in [0, 0.1) is 5.92 Å². The third kappa shape index (κ3) is 4.34. The number of benzene rings is 1. The van der Waals surface area contributed by atoms with Gasteiger partial charge < -0.3 is 9.64 Å². The third-order valence-electron chi connectivity index (χ3n) is 6.44. The van der Waals surface area contributed by atoms with E-state index in [9.17, 15) is 9.59 Å². The van der Waals surface area contributed by atoms with Crippen molar-refractivity contribution >= 4 is 5.91 Å². The summed E-state index contributed by atoms with van der Waals surface area (Å²) in [6, 6.07) is 15.2. The Morgan fingerprint density at radius 2 is 1.75 bits per heavy atom. The molecule has 1 atom stereocenters. The van der Waals surface area contributed by atoms with E-state index >= 15 is 0 Å². The van der Waals surface area contributed by atoms with E-state index in [0.29, 0.717) is 38.6 Å². The summed E-state index contributed by atoms with van der Waals surface area (Å²) < 4.78 is 7.42. The number of likely N-dealkylation sites (tertiary alicyclic amines) is 1. The first kappa shape index (κ1) is 20.6. The maximum atomic E-state index is 13.0. The summed E-state index contributed by atoms with van der Waals surface area (Å²) in [5.41, 5.74) is 3.96. The van der Waals surface area contributed by atoms with Crippen LogP contribution in [0.2, 0.25) is 0 Å². The summed E-state index contributed by atoms with van der Waals surface area (Å²) in [6.07, 6.45) is 5.37. The fourth-order valence-electron chi connectivity index (χ4n) is 4.55. The average Bonchev–Trinajstić information content (AvgIpc) is 2.85. The Labute approximate surface area is 186 Å². The van der Waals surface area contributed by atoms with E-state index < -0.39 is 6.10 Å². The van der Waals surface area contributed by atoms with Gasteiger partial charge in [-0.25, -0.2) is 4.68 Å². The Morgan fingerprint density at radius 3 is 2.53 bits per heavy atom. The number of carbonyl (C=O) groups excluding carboxylic acids is 1. The van der Waals surface area contributed by atoms with Crippen molar-refractivity contribution in [2.24, 2.45) is 5.92 Å². The lowest BCUT2D eigenvalue weighted by Crippen LogP contribution is -2.47. The number of hydrogen-bond acceptors (Lipinski definition) is 5. The van der Waals surface area contributed by atoms with Crippen LogP contribution in [0.5, 0.6) is 0 Å². The molecule has 2 aliphatic heterocycles. The molecule has 5 rings (SSSR count). The van der Waals surface area contributed by atoms with Crippen molar-refractivity contribution < 1.29 is 9.53 Å². The lowest BCUT2D eigenvalue weighted by Gasteiger charge is -2.35. The second-order valence-electron chi connectivity index (χ2n) is 8.52. The summed E-state index contributed by atoms with van der Waals surface area (Å²) in [5.74, 6) is 0.387. The van der Waals surface area contributed by atoms with Crippen LogP contribution in [-0.2, 0) is 29.1 Å². The van der Waals surface area contributed by atoms with Crippen LogP contribution in [-0.4, -0.2) is 44.8 Å². The smallest absolute Gasteiger partial charge is 0.266 e. The molecule has 32 heavy (non-hydrogen) atoms. The van der Waals surface area contributed by atoms with E-state index in [-0.39, 0.29) is 11.5 Å². The van der Waals surface area contributed by atoms with Crippen LogP contribution >= 0.6 is 0 Å². The number of ether oxygens (including phenoxy) is 1. The van der Waals surface area contributed by atoms with E-state index in [0.717, 1.165) is 24.1 Å². The average molecular weight is 431 g/mol. The second-order valence-corrected chi connectivity index (χ2v) is 8.52. The number of carbonyl (C=O) groups is 1. The van der Waals surface area contributed by atoms with Crippen LogP contribution in [0.1, 0.15) is 24.0 Å². The minimum Gasteiger partial charge on any atom is -0.363 e. The van der Waals surface area contributed by atoms with Gasteiger partial charge in [0.2, 0.25) is 0 Å². The molecule has 0 radical (unpaired) electrons. The van der Waals surface area contributed by atoms with Crippen molar-refractivity contribution in [3.63, 3.8) is 0 Å². The van der Waals surface area contributed by atoms with Crippen molar-refractivity contribution in [2.75, 3.05) is 13.1 Å². The lowest BCUT2D eigenvalue weighted by molar-refractivity contribution is -0.147. The van der Waals surface area contributed by atoms with Gasteiger partial charge in [0.15, 0.2) is 0 Å². The van der Waals surface area contributed by atoms with E-state index in [1.54, 1.807) is 29.2 Å². The van der Waals surface area contributed by atoms with Crippen molar-refractivity contribution in [3.05, 3.63) is 82.4 Å². The summed E-state index contributed by atoms with van der Waals surface area (Å²) in [7, 11) is 0. The summed E-state index contributed by atoms with van der Waals surface area (Å²) in [6.45, 7) is 2.42. The van der Waals surface area contributed by atoms with E-state index in [2.05, 4.69) is 22.2 Å². The zero-order valence-corrected chi connectivity index (χ0v) is 17.9. The van der Waals surface area contributed by atoms with E-state index in [1.165, 1.54) is 11.1 Å². The molecule has 2 aromatic heterocycles. The molecule has 1 unspecified atom stereocenters. The zero-order chi connectivity index (χ0) is 21.9. The van der Waals surface area contributed by atoms with Crippen LogP contribution in [0.15, 0.2) is 65.7 Å². The van der Waals surface area contributed by atoms with Gasteiger partial charge in [-0.3, -0.25) is 14.6 Å². The normalized spacial score (nSPS) is 18.9. The molecule has 7 nitrogen and oxygen atoms in total. The number of amides is 1. The molecule has 1 amide bonds. The standard InChI is InChI=1S/C25H26N4O3/c30-24-6-5-22(19-7-11-26-12-8-19)27-29(24)16-18-9-13-28(14-10-18)25(31)23-15-20-3-1-2-4-21(20)17-32-23/h1-8,11-12,18,23H,9-10,13-17H2. The summed E-state index contributed by atoms with van der Waals surface area (Å²) in [5, 5.41) is 4.56. The Hall–Kier alpha value is -3.32. The number of fused-ring (bicyclic) bond motifs is 1. The predicted octanol–water partition coefficient (Wildman–Crippen LogP) is 2.69. The fraction of sp³-hybridized carbons (Fsp3) is 0.360. The number of pyridine rings is 1. The molecule has 3 aromatic rings.